The molecule has 0 heterocycles. The van der Waals surface area contributed by atoms with Crippen LogP contribution in [0.1, 0.15) is 69.2 Å². The van der Waals surface area contributed by atoms with Crippen molar-refractivity contribution in [2.24, 2.45) is 0 Å². The molecule has 0 radical (unpaired) electrons. The highest BCUT2D eigenvalue weighted by molar-refractivity contribution is 5.98. The average molecular weight is 278 g/mol. The fraction of sp³-hybridized carbons (Fsp3) is 0.588. The minimum absolute atomic E-state index is 0.0175. The summed E-state index contributed by atoms with van der Waals surface area (Å²) in [7, 11) is 0. The van der Waals surface area contributed by atoms with Gasteiger partial charge in [0.15, 0.2) is 5.78 Å². The van der Waals surface area contributed by atoms with Crippen molar-refractivity contribution in [3.8, 4) is 11.5 Å². The molecule has 0 aliphatic rings. The Labute approximate surface area is 122 Å². The molecule has 0 saturated carbocycles. The number of ketones is 1. The molecule has 0 aromatic heterocycles. The van der Waals surface area contributed by atoms with Crippen LogP contribution in [0.4, 0.5) is 0 Å². The Hall–Kier alpha value is -1.51. The molecule has 0 fully saturated rings. The predicted molar refractivity (Wildman–Crippen MR) is 81.6 cm³/mol. The number of Topliss-reactive ketones (excluding diaryl/α,β-unsaturated/α-hetero) is 1. The Balaban J connectivity index is 2.41. The summed E-state index contributed by atoms with van der Waals surface area (Å²) in [5, 5.41) is 9.86. The van der Waals surface area contributed by atoms with Crippen LogP contribution in [0, 0.1) is 0 Å². The Morgan fingerprint density at radius 1 is 1.10 bits per heavy atom. The lowest BCUT2D eigenvalue weighted by Crippen LogP contribution is -2.01. The van der Waals surface area contributed by atoms with E-state index in [-0.39, 0.29) is 11.5 Å². The largest absolute Gasteiger partial charge is 0.507 e. The number of unbranched alkanes of at least 4 members (excludes halogenated alkanes) is 4. The molecule has 0 aliphatic carbocycles. The van der Waals surface area contributed by atoms with Gasteiger partial charge in [0.05, 0.1) is 12.2 Å². The third-order valence-electron chi connectivity index (χ3n) is 3.26. The van der Waals surface area contributed by atoms with Gasteiger partial charge in [-0.15, -0.1) is 0 Å². The minimum atomic E-state index is -0.0175. The second kappa shape index (κ2) is 9.40. The van der Waals surface area contributed by atoms with E-state index in [4.69, 9.17) is 4.74 Å². The van der Waals surface area contributed by atoms with E-state index < -0.39 is 0 Å². The van der Waals surface area contributed by atoms with Crippen LogP contribution in [0.2, 0.25) is 0 Å². The third kappa shape index (κ3) is 5.64. The molecular weight excluding hydrogens is 252 g/mol. The van der Waals surface area contributed by atoms with Gasteiger partial charge in [-0.25, -0.2) is 0 Å². The maximum atomic E-state index is 11.7. The molecule has 0 bridgehead atoms. The highest BCUT2D eigenvalue weighted by Crippen LogP contribution is 2.25. The molecule has 0 atom stereocenters. The van der Waals surface area contributed by atoms with E-state index in [9.17, 15) is 9.90 Å². The number of hydrogen-bond donors (Lipinski definition) is 1. The lowest BCUT2D eigenvalue weighted by molar-refractivity contribution is 0.0979. The zero-order valence-electron chi connectivity index (χ0n) is 12.7. The number of phenols is 1. The Kier molecular flexibility index (Phi) is 7.78. The summed E-state index contributed by atoms with van der Waals surface area (Å²) in [5.74, 6) is 0.633. The van der Waals surface area contributed by atoms with Crippen molar-refractivity contribution in [2.45, 2.75) is 58.8 Å². The molecule has 0 aliphatic heterocycles. The van der Waals surface area contributed by atoms with Crippen LogP contribution in [0.5, 0.6) is 11.5 Å². The topological polar surface area (TPSA) is 46.5 Å². The van der Waals surface area contributed by atoms with Crippen molar-refractivity contribution in [3.63, 3.8) is 0 Å². The van der Waals surface area contributed by atoms with Crippen LogP contribution in [0.15, 0.2) is 18.2 Å². The number of carbonyl (C=O) groups excluding carboxylic acids is 1. The molecule has 1 aromatic rings. The SMILES string of the molecule is CCCCCCCOc1ccc(C(=O)CCC)c(O)c1. The second-order valence-corrected chi connectivity index (χ2v) is 5.11. The van der Waals surface area contributed by atoms with E-state index in [2.05, 4.69) is 6.92 Å². The van der Waals surface area contributed by atoms with Crippen LogP contribution in [0.25, 0.3) is 0 Å². The molecule has 0 spiro atoms. The summed E-state index contributed by atoms with van der Waals surface area (Å²) in [5.41, 5.74) is 0.391. The van der Waals surface area contributed by atoms with Crippen LogP contribution in [-0.4, -0.2) is 17.5 Å². The van der Waals surface area contributed by atoms with Crippen molar-refractivity contribution in [2.75, 3.05) is 6.61 Å². The summed E-state index contributed by atoms with van der Waals surface area (Å²) in [4.78, 5) is 11.7. The number of hydrogen-bond acceptors (Lipinski definition) is 3. The number of ether oxygens (including phenoxy) is 1. The summed E-state index contributed by atoms with van der Waals surface area (Å²) >= 11 is 0. The van der Waals surface area contributed by atoms with Crippen LogP contribution in [-0.2, 0) is 0 Å². The van der Waals surface area contributed by atoms with E-state index in [0.29, 0.717) is 24.3 Å². The van der Waals surface area contributed by atoms with Gasteiger partial charge in [-0.05, 0) is 25.0 Å². The monoisotopic (exact) mass is 278 g/mol. The lowest BCUT2D eigenvalue weighted by Gasteiger charge is -2.08. The van der Waals surface area contributed by atoms with Gasteiger partial charge in [-0.2, -0.15) is 0 Å². The highest BCUT2D eigenvalue weighted by Gasteiger charge is 2.10. The zero-order valence-corrected chi connectivity index (χ0v) is 12.7. The third-order valence-corrected chi connectivity index (χ3v) is 3.26. The first-order valence-electron chi connectivity index (χ1n) is 7.68. The fourth-order valence-corrected chi connectivity index (χ4v) is 2.09. The molecule has 112 valence electrons. The second-order valence-electron chi connectivity index (χ2n) is 5.11. The lowest BCUT2D eigenvalue weighted by atomic mass is 10.1. The first-order valence-corrected chi connectivity index (χ1v) is 7.68. The number of benzene rings is 1. The standard InChI is InChI=1S/C17H26O3/c1-3-5-6-7-8-12-20-14-10-11-15(17(19)13-14)16(18)9-4-2/h10-11,13,19H,3-9,12H2,1-2H3. The molecule has 3 nitrogen and oxygen atoms in total. The van der Waals surface area contributed by atoms with Crippen LogP contribution < -0.4 is 4.74 Å². The molecule has 3 heteroatoms. The van der Waals surface area contributed by atoms with Crippen LogP contribution >= 0.6 is 0 Å². The summed E-state index contributed by atoms with van der Waals surface area (Å²) in [6, 6.07) is 4.95. The molecule has 0 saturated heterocycles. The van der Waals surface area contributed by atoms with Crippen molar-refractivity contribution in [1.29, 1.82) is 0 Å². The summed E-state index contributed by atoms with van der Waals surface area (Å²) in [6.07, 6.45) is 7.20. The van der Waals surface area contributed by atoms with Gasteiger partial charge in [-0.3, -0.25) is 4.79 Å². The number of phenolic OH excluding ortho intramolecular Hbond substituents is 1. The summed E-state index contributed by atoms with van der Waals surface area (Å²) in [6.45, 7) is 4.80. The van der Waals surface area contributed by atoms with E-state index >= 15 is 0 Å². The quantitative estimate of drug-likeness (QED) is 0.497. The molecule has 1 rings (SSSR count). The molecular formula is C17H26O3. The maximum Gasteiger partial charge on any atom is 0.166 e. The van der Waals surface area contributed by atoms with Crippen molar-refractivity contribution in [3.05, 3.63) is 23.8 Å². The first-order chi connectivity index (χ1) is 9.69. The normalized spacial score (nSPS) is 10.5. The van der Waals surface area contributed by atoms with Crippen LogP contribution in [0.3, 0.4) is 0 Å². The van der Waals surface area contributed by atoms with Gasteiger partial charge >= 0.3 is 0 Å². The smallest absolute Gasteiger partial charge is 0.166 e. The summed E-state index contributed by atoms with van der Waals surface area (Å²) < 4.78 is 5.59. The first kappa shape index (κ1) is 16.5. The van der Waals surface area contributed by atoms with Crippen molar-refractivity contribution >= 4 is 5.78 Å². The van der Waals surface area contributed by atoms with Gasteiger partial charge in [0.1, 0.15) is 11.5 Å². The Bertz CT molecular complexity index is 413. The number of rotatable bonds is 10. The van der Waals surface area contributed by atoms with Crippen molar-refractivity contribution in [1.82, 2.24) is 0 Å². The van der Waals surface area contributed by atoms with Gasteiger partial charge in [0.2, 0.25) is 0 Å². The minimum Gasteiger partial charge on any atom is -0.507 e. The fourth-order valence-electron chi connectivity index (χ4n) is 2.09. The van der Waals surface area contributed by atoms with Gasteiger partial charge < -0.3 is 9.84 Å². The van der Waals surface area contributed by atoms with Gasteiger partial charge in [-0.1, -0.05) is 39.5 Å². The van der Waals surface area contributed by atoms with Crippen molar-refractivity contribution < 1.29 is 14.6 Å². The van der Waals surface area contributed by atoms with E-state index in [0.717, 1.165) is 12.8 Å². The number of aromatic hydroxyl groups is 1. The molecule has 20 heavy (non-hydrogen) atoms. The molecule has 1 N–H and O–H groups in total. The Morgan fingerprint density at radius 3 is 2.50 bits per heavy atom. The number of carbonyl (C=O) groups is 1. The maximum absolute atomic E-state index is 11.7. The van der Waals surface area contributed by atoms with E-state index in [1.807, 2.05) is 6.92 Å². The van der Waals surface area contributed by atoms with Gasteiger partial charge in [0, 0.05) is 12.5 Å². The molecule has 1 aromatic carbocycles. The van der Waals surface area contributed by atoms with E-state index in [1.165, 1.54) is 31.7 Å². The van der Waals surface area contributed by atoms with E-state index in [1.54, 1.807) is 12.1 Å². The predicted octanol–water partition coefficient (Wildman–Crippen LogP) is 4.72. The highest BCUT2D eigenvalue weighted by atomic mass is 16.5. The Morgan fingerprint density at radius 2 is 1.85 bits per heavy atom. The average Bonchev–Trinajstić information content (AvgIpc) is 2.43. The zero-order chi connectivity index (χ0) is 14.8. The molecule has 0 amide bonds. The van der Waals surface area contributed by atoms with Gasteiger partial charge in [0.25, 0.3) is 0 Å². The molecule has 0 unspecified atom stereocenters.